The molecule has 0 saturated carbocycles. The Hall–Kier alpha value is -1.03. The summed E-state index contributed by atoms with van der Waals surface area (Å²) in [4.78, 5) is 8.74. The Balaban J connectivity index is 2.40. The van der Waals surface area contributed by atoms with Crippen molar-refractivity contribution in [1.82, 2.24) is 9.97 Å². The number of nitrogens with zero attached hydrogens (tertiary/aromatic N) is 2. The van der Waals surface area contributed by atoms with E-state index in [1.807, 2.05) is 27.7 Å². The summed E-state index contributed by atoms with van der Waals surface area (Å²) in [5, 5.41) is 4.73. The first kappa shape index (κ1) is 16.3. The molecular weight excluding hydrogens is 329 g/mol. The molecule has 2 aromatic rings. The van der Waals surface area contributed by atoms with Gasteiger partial charge in [0.15, 0.2) is 0 Å². The van der Waals surface area contributed by atoms with Crippen LogP contribution in [0, 0.1) is 6.92 Å². The number of rotatable bonds is 2. The van der Waals surface area contributed by atoms with E-state index in [0.717, 1.165) is 5.56 Å². The molecule has 0 aliphatic heterocycles. The second-order valence-electron chi connectivity index (χ2n) is 5.86. The van der Waals surface area contributed by atoms with Gasteiger partial charge in [-0.2, -0.15) is 0 Å². The molecule has 0 spiro atoms. The molecule has 112 valence electrons. The van der Waals surface area contributed by atoms with E-state index in [-0.39, 0.29) is 5.41 Å². The highest BCUT2D eigenvalue weighted by Gasteiger charge is 2.19. The molecule has 0 aliphatic rings. The number of hydrogen-bond acceptors (Lipinski definition) is 3. The summed E-state index contributed by atoms with van der Waals surface area (Å²) >= 11 is 18.4. The minimum atomic E-state index is -0.198. The minimum Gasteiger partial charge on any atom is -0.339 e. The van der Waals surface area contributed by atoms with E-state index < -0.39 is 0 Å². The lowest BCUT2D eigenvalue weighted by molar-refractivity contribution is 0.546. The maximum Gasteiger partial charge on any atom is 0.137 e. The van der Waals surface area contributed by atoms with Crippen molar-refractivity contribution in [2.24, 2.45) is 0 Å². The Bertz CT molecular complexity index is 679. The number of halogens is 3. The van der Waals surface area contributed by atoms with Crippen LogP contribution in [0.25, 0.3) is 0 Å². The Labute approximate surface area is 139 Å². The molecule has 1 heterocycles. The van der Waals surface area contributed by atoms with Gasteiger partial charge in [0.1, 0.15) is 16.8 Å². The highest BCUT2D eigenvalue weighted by atomic mass is 35.5. The molecule has 0 saturated heterocycles. The summed E-state index contributed by atoms with van der Waals surface area (Å²) in [6.07, 6.45) is 0. The quantitative estimate of drug-likeness (QED) is 0.701. The second-order valence-corrected chi connectivity index (χ2v) is 7.06. The fourth-order valence-electron chi connectivity index (χ4n) is 1.70. The molecule has 1 aromatic carbocycles. The Morgan fingerprint density at radius 3 is 2.24 bits per heavy atom. The van der Waals surface area contributed by atoms with Crippen molar-refractivity contribution in [3.05, 3.63) is 44.8 Å². The van der Waals surface area contributed by atoms with Crippen molar-refractivity contribution in [3.63, 3.8) is 0 Å². The predicted octanol–water partition coefficient (Wildman–Crippen LogP) is 5.79. The first-order valence-corrected chi connectivity index (χ1v) is 7.58. The molecule has 0 bridgehead atoms. The molecule has 1 N–H and O–H groups in total. The van der Waals surface area contributed by atoms with Gasteiger partial charge >= 0.3 is 0 Å². The van der Waals surface area contributed by atoms with Gasteiger partial charge in [-0.05, 0) is 24.6 Å². The topological polar surface area (TPSA) is 37.8 Å². The SMILES string of the molecule is Cc1cc(Cl)c(Nc2cc(Cl)nc(C(C)(C)C)n2)cc1Cl. The average molecular weight is 345 g/mol. The van der Waals surface area contributed by atoms with Gasteiger partial charge in [0.25, 0.3) is 0 Å². The monoisotopic (exact) mass is 343 g/mol. The minimum absolute atomic E-state index is 0.198. The Morgan fingerprint density at radius 2 is 1.62 bits per heavy atom. The van der Waals surface area contributed by atoms with Crippen molar-refractivity contribution in [2.45, 2.75) is 33.1 Å². The molecule has 1 aromatic heterocycles. The van der Waals surface area contributed by atoms with Crippen LogP contribution in [0.3, 0.4) is 0 Å². The molecule has 2 rings (SSSR count). The van der Waals surface area contributed by atoms with Crippen molar-refractivity contribution < 1.29 is 0 Å². The lowest BCUT2D eigenvalue weighted by Gasteiger charge is -2.18. The molecule has 0 atom stereocenters. The molecule has 0 aliphatic carbocycles. The highest BCUT2D eigenvalue weighted by molar-refractivity contribution is 6.36. The first-order chi connectivity index (χ1) is 9.66. The summed E-state index contributed by atoms with van der Waals surface area (Å²) in [5.41, 5.74) is 1.40. The fourth-order valence-corrected chi connectivity index (χ4v) is 2.31. The van der Waals surface area contributed by atoms with Gasteiger partial charge in [-0.1, -0.05) is 55.6 Å². The van der Waals surface area contributed by atoms with E-state index in [9.17, 15) is 0 Å². The first-order valence-electron chi connectivity index (χ1n) is 6.44. The fraction of sp³-hybridized carbons (Fsp3) is 0.333. The van der Waals surface area contributed by atoms with Crippen LogP contribution in [0.15, 0.2) is 18.2 Å². The third-order valence-electron chi connectivity index (χ3n) is 2.88. The molecule has 21 heavy (non-hydrogen) atoms. The molecule has 3 nitrogen and oxygen atoms in total. The molecule has 0 fully saturated rings. The number of benzene rings is 1. The van der Waals surface area contributed by atoms with Crippen molar-refractivity contribution >= 4 is 46.3 Å². The van der Waals surface area contributed by atoms with E-state index >= 15 is 0 Å². The van der Waals surface area contributed by atoms with Crippen LogP contribution in [0.4, 0.5) is 11.5 Å². The van der Waals surface area contributed by atoms with E-state index in [4.69, 9.17) is 34.8 Å². The van der Waals surface area contributed by atoms with Crippen LogP contribution in [0.1, 0.15) is 32.2 Å². The normalized spacial score (nSPS) is 11.6. The predicted molar refractivity (Wildman–Crippen MR) is 90.2 cm³/mol. The number of anilines is 2. The van der Waals surface area contributed by atoms with Crippen LogP contribution in [-0.4, -0.2) is 9.97 Å². The molecule has 0 unspecified atom stereocenters. The summed E-state index contributed by atoms with van der Waals surface area (Å²) in [6, 6.07) is 5.23. The van der Waals surface area contributed by atoms with Crippen LogP contribution in [0.5, 0.6) is 0 Å². The molecule has 6 heteroatoms. The maximum atomic E-state index is 6.22. The number of aryl methyl sites for hydroxylation is 1. The van der Waals surface area contributed by atoms with Gasteiger partial charge in [-0.3, -0.25) is 0 Å². The van der Waals surface area contributed by atoms with Gasteiger partial charge < -0.3 is 5.32 Å². The Kier molecular flexibility index (Phi) is 4.66. The van der Waals surface area contributed by atoms with E-state index in [1.165, 1.54) is 0 Å². The van der Waals surface area contributed by atoms with Crippen molar-refractivity contribution in [3.8, 4) is 0 Å². The van der Waals surface area contributed by atoms with Gasteiger partial charge in [-0.15, -0.1) is 0 Å². The van der Waals surface area contributed by atoms with Crippen LogP contribution < -0.4 is 5.32 Å². The highest BCUT2D eigenvalue weighted by Crippen LogP contribution is 2.31. The second kappa shape index (κ2) is 5.99. The largest absolute Gasteiger partial charge is 0.339 e. The maximum absolute atomic E-state index is 6.22. The van der Waals surface area contributed by atoms with Gasteiger partial charge in [0.05, 0.1) is 10.7 Å². The standard InChI is InChI=1S/C15H16Cl3N3/c1-8-5-10(17)11(6-9(8)16)19-13-7-12(18)20-14(21-13)15(2,3)4/h5-7H,1-4H3,(H,19,20,21). The third kappa shape index (κ3) is 4.00. The zero-order valence-corrected chi connectivity index (χ0v) is 14.5. The van der Waals surface area contributed by atoms with Gasteiger partial charge in [-0.25, -0.2) is 9.97 Å². The van der Waals surface area contributed by atoms with Crippen molar-refractivity contribution in [2.75, 3.05) is 5.32 Å². The van der Waals surface area contributed by atoms with E-state index in [1.54, 1.807) is 18.2 Å². The Morgan fingerprint density at radius 1 is 0.952 bits per heavy atom. The summed E-state index contributed by atoms with van der Waals surface area (Å²) in [5.74, 6) is 1.24. The average Bonchev–Trinajstić information content (AvgIpc) is 2.34. The van der Waals surface area contributed by atoms with Gasteiger partial charge in [0.2, 0.25) is 0 Å². The van der Waals surface area contributed by atoms with Gasteiger partial charge in [0, 0.05) is 16.5 Å². The van der Waals surface area contributed by atoms with E-state index in [0.29, 0.717) is 32.5 Å². The smallest absolute Gasteiger partial charge is 0.137 e. The number of nitrogens with one attached hydrogen (secondary N) is 1. The summed E-state index contributed by atoms with van der Waals surface area (Å²) in [6.45, 7) is 7.98. The summed E-state index contributed by atoms with van der Waals surface area (Å²) < 4.78 is 0. The number of hydrogen-bond donors (Lipinski definition) is 1. The lowest BCUT2D eigenvalue weighted by atomic mass is 9.96. The summed E-state index contributed by atoms with van der Waals surface area (Å²) in [7, 11) is 0. The molecule has 0 amide bonds. The zero-order valence-electron chi connectivity index (χ0n) is 12.3. The molecule has 0 radical (unpaired) electrons. The van der Waals surface area contributed by atoms with Crippen LogP contribution >= 0.6 is 34.8 Å². The van der Waals surface area contributed by atoms with Crippen LogP contribution in [-0.2, 0) is 5.41 Å². The molecular formula is C15H16Cl3N3. The van der Waals surface area contributed by atoms with E-state index in [2.05, 4.69) is 15.3 Å². The zero-order chi connectivity index (χ0) is 15.8. The lowest BCUT2D eigenvalue weighted by Crippen LogP contribution is -2.16. The van der Waals surface area contributed by atoms with Crippen LogP contribution in [0.2, 0.25) is 15.2 Å². The third-order valence-corrected chi connectivity index (χ3v) is 3.79. The van der Waals surface area contributed by atoms with Crippen molar-refractivity contribution in [1.29, 1.82) is 0 Å². The number of aromatic nitrogens is 2.